The van der Waals surface area contributed by atoms with Gasteiger partial charge in [0.25, 0.3) is 0 Å². The molecule has 0 saturated carbocycles. The van der Waals surface area contributed by atoms with Gasteiger partial charge in [0.05, 0.1) is 5.56 Å². The number of alkyl halides is 8. The highest BCUT2D eigenvalue weighted by molar-refractivity contribution is 6.29. The van der Waals surface area contributed by atoms with Crippen LogP contribution in [-0.2, 0) is 12.1 Å². The molecule has 18 heavy (non-hydrogen) atoms. The van der Waals surface area contributed by atoms with Crippen LogP contribution >= 0.6 is 11.6 Å². The number of halogens is 9. The first kappa shape index (κ1) is 14.9. The number of hydrogen-bond acceptors (Lipinski definition) is 1. The molecule has 0 aliphatic heterocycles. The van der Waals surface area contributed by atoms with Gasteiger partial charge < -0.3 is 0 Å². The van der Waals surface area contributed by atoms with Crippen molar-refractivity contribution < 1.29 is 35.1 Å². The van der Waals surface area contributed by atoms with Gasteiger partial charge in [-0.3, -0.25) is 0 Å². The van der Waals surface area contributed by atoms with Gasteiger partial charge in [-0.25, -0.2) is 4.98 Å². The van der Waals surface area contributed by atoms with E-state index in [4.69, 9.17) is 11.6 Å². The highest BCUT2D eigenvalue weighted by Crippen LogP contribution is 2.47. The highest BCUT2D eigenvalue weighted by Gasteiger charge is 2.62. The molecule has 0 N–H and O–H groups in total. The van der Waals surface area contributed by atoms with Crippen molar-refractivity contribution >= 4 is 11.6 Å². The van der Waals surface area contributed by atoms with Gasteiger partial charge >= 0.3 is 18.3 Å². The Morgan fingerprint density at radius 1 is 0.889 bits per heavy atom. The Morgan fingerprint density at radius 2 is 1.39 bits per heavy atom. The Hall–Kier alpha value is -1.12. The van der Waals surface area contributed by atoms with E-state index in [0.717, 1.165) is 0 Å². The van der Waals surface area contributed by atoms with E-state index in [-0.39, 0.29) is 6.07 Å². The molecule has 0 fully saturated rings. The first-order valence-electron chi connectivity index (χ1n) is 4.06. The molecule has 0 saturated heterocycles. The normalized spacial score (nSPS) is 13.8. The predicted octanol–water partition coefficient (Wildman–Crippen LogP) is 4.41. The maximum atomic E-state index is 12.9. The summed E-state index contributed by atoms with van der Waals surface area (Å²) < 4.78 is 98.8. The minimum Gasteiger partial charge on any atom is -0.234 e. The van der Waals surface area contributed by atoms with Crippen molar-refractivity contribution in [2.75, 3.05) is 0 Å². The fourth-order valence-corrected chi connectivity index (χ4v) is 1.19. The molecule has 0 spiro atoms. The van der Waals surface area contributed by atoms with Crippen molar-refractivity contribution in [1.29, 1.82) is 0 Å². The zero-order valence-corrected chi connectivity index (χ0v) is 8.76. The second-order valence-corrected chi connectivity index (χ2v) is 3.49. The fraction of sp³-hybridized carbons (Fsp3) is 0.375. The molecule has 1 heterocycles. The molecule has 0 aliphatic carbocycles. The van der Waals surface area contributed by atoms with Gasteiger partial charge in [-0.2, -0.15) is 35.1 Å². The predicted molar refractivity (Wildman–Crippen MR) is 44.2 cm³/mol. The van der Waals surface area contributed by atoms with E-state index in [0.29, 0.717) is 6.07 Å². The molecule has 0 radical (unpaired) electrons. The lowest BCUT2D eigenvalue weighted by molar-refractivity contribution is -0.292. The second-order valence-electron chi connectivity index (χ2n) is 3.10. The lowest BCUT2D eigenvalue weighted by Gasteiger charge is -2.22. The van der Waals surface area contributed by atoms with Crippen LogP contribution in [0.2, 0.25) is 5.15 Å². The summed E-state index contributed by atoms with van der Waals surface area (Å²) in [5, 5.41) is -0.901. The number of aromatic nitrogens is 1. The molecule has 1 aromatic rings. The van der Waals surface area contributed by atoms with Crippen LogP contribution < -0.4 is 0 Å². The van der Waals surface area contributed by atoms with E-state index < -0.39 is 34.7 Å². The second kappa shape index (κ2) is 4.22. The Kier molecular flexibility index (Phi) is 3.50. The topological polar surface area (TPSA) is 12.9 Å². The van der Waals surface area contributed by atoms with Crippen LogP contribution in [0.1, 0.15) is 11.3 Å². The minimum absolute atomic E-state index is 0.0182. The molecular formula is C8H2ClF8N. The summed E-state index contributed by atoms with van der Waals surface area (Å²) in [5.74, 6) is -5.75. The third-order valence-corrected chi connectivity index (χ3v) is 2.03. The zero-order chi connectivity index (χ0) is 14.4. The van der Waals surface area contributed by atoms with Crippen LogP contribution in [0.4, 0.5) is 35.1 Å². The SMILES string of the molecule is FC(F)(F)c1ccc(Cl)nc1C(F)(F)C(F)(F)F. The van der Waals surface area contributed by atoms with Gasteiger partial charge in [0, 0.05) is 0 Å². The zero-order valence-electron chi connectivity index (χ0n) is 8.00. The molecular weight excluding hydrogens is 298 g/mol. The van der Waals surface area contributed by atoms with Crippen molar-refractivity contribution in [2.45, 2.75) is 18.3 Å². The van der Waals surface area contributed by atoms with E-state index in [1.54, 1.807) is 0 Å². The molecule has 1 aromatic heterocycles. The summed E-state index contributed by atoms with van der Waals surface area (Å²) in [6, 6.07) is 0.491. The molecule has 0 aliphatic rings. The summed E-state index contributed by atoms with van der Waals surface area (Å²) in [7, 11) is 0. The van der Waals surface area contributed by atoms with Crippen molar-refractivity contribution in [3.8, 4) is 0 Å². The monoisotopic (exact) mass is 299 g/mol. The van der Waals surface area contributed by atoms with E-state index in [1.165, 1.54) is 0 Å². The average molecular weight is 300 g/mol. The van der Waals surface area contributed by atoms with Gasteiger partial charge in [-0.15, -0.1) is 0 Å². The molecule has 102 valence electrons. The summed E-state index contributed by atoms with van der Waals surface area (Å²) in [4.78, 5) is 2.45. The first-order valence-corrected chi connectivity index (χ1v) is 4.44. The molecule has 1 rings (SSSR count). The van der Waals surface area contributed by atoms with Gasteiger partial charge in [0.2, 0.25) is 0 Å². The summed E-state index contributed by atoms with van der Waals surface area (Å²) in [5.41, 5.74) is -4.65. The maximum Gasteiger partial charge on any atom is 0.459 e. The third kappa shape index (κ3) is 2.65. The number of rotatable bonds is 1. The molecule has 0 unspecified atom stereocenters. The van der Waals surface area contributed by atoms with Crippen molar-refractivity contribution in [1.82, 2.24) is 4.98 Å². The van der Waals surface area contributed by atoms with Crippen molar-refractivity contribution in [3.63, 3.8) is 0 Å². The quantitative estimate of drug-likeness (QED) is 0.553. The van der Waals surface area contributed by atoms with Gasteiger partial charge in [0.1, 0.15) is 10.8 Å². The van der Waals surface area contributed by atoms with E-state index >= 15 is 0 Å². The summed E-state index contributed by atoms with van der Waals surface area (Å²) in [6.45, 7) is 0. The lowest BCUT2D eigenvalue weighted by atomic mass is 10.1. The largest absolute Gasteiger partial charge is 0.459 e. The van der Waals surface area contributed by atoms with Gasteiger partial charge in [0.15, 0.2) is 0 Å². The number of hydrogen-bond donors (Lipinski definition) is 0. The van der Waals surface area contributed by atoms with E-state index in [1.807, 2.05) is 0 Å². The van der Waals surface area contributed by atoms with Gasteiger partial charge in [-0.1, -0.05) is 11.6 Å². The standard InChI is InChI=1S/C8H2ClF8N/c9-4-2-1-3(7(12,13)14)5(18-4)6(10,11)8(15,16)17/h1-2H. The van der Waals surface area contributed by atoms with Crippen LogP contribution in [0.3, 0.4) is 0 Å². The Balaban J connectivity index is 3.53. The molecule has 0 bridgehead atoms. The molecule has 0 amide bonds. The average Bonchev–Trinajstić information content (AvgIpc) is 2.13. The highest BCUT2D eigenvalue weighted by atomic mass is 35.5. The summed E-state index contributed by atoms with van der Waals surface area (Å²) in [6.07, 6.45) is -11.6. The smallest absolute Gasteiger partial charge is 0.234 e. The van der Waals surface area contributed by atoms with Crippen LogP contribution in [0.5, 0.6) is 0 Å². The first-order chi connectivity index (χ1) is 7.87. The Bertz CT molecular complexity index is 449. The number of nitrogens with zero attached hydrogens (tertiary/aromatic N) is 1. The molecule has 0 atom stereocenters. The fourth-order valence-electron chi connectivity index (χ4n) is 1.04. The van der Waals surface area contributed by atoms with Crippen LogP contribution in [0.15, 0.2) is 12.1 Å². The maximum absolute atomic E-state index is 12.9. The van der Waals surface area contributed by atoms with Crippen molar-refractivity contribution in [2.24, 2.45) is 0 Å². The van der Waals surface area contributed by atoms with Crippen LogP contribution in [0.25, 0.3) is 0 Å². The van der Waals surface area contributed by atoms with Crippen LogP contribution in [0, 0.1) is 0 Å². The lowest BCUT2D eigenvalue weighted by Crippen LogP contribution is -2.36. The molecule has 1 nitrogen and oxygen atoms in total. The molecule has 10 heteroatoms. The minimum atomic E-state index is -6.20. The van der Waals surface area contributed by atoms with E-state index in [2.05, 4.69) is 4.98 Å². The van der Waals surface area contributed by atoms with Crippen LogP contribution in [-0.4, -0.2) is 11.2 Å². The Morgan fingerprint density at radius 3 is 1.78 bits per heavy atom. The molecule has 0 aromatic carbocycles. The van der Waals surface area contributed by atoms with Gasteiger partial charge in [-0.05, 0) is 12.1 Å². The number of pyridine rings is 1. The summed E-state index contributed by atoms with van der Waals surface area (Å²) >= 11 is 5.04. The third-order valence-electron chi connectivity index (χ3n) is 1.82. The van der Waals surface area contributed by atoms with E-state index in [9.17, 15) is 35.1 Å². The Labute approximate surface area is 99.4 Å². The van der Waals surface area contributed by atoms with Crippen molar-refractivity contribution in [3.05, 3.63) is 28.5 Å².